The quantitative estimate of drug-likeness (QED) is 0.816. The highest BCUT2D eigenvalue weighted by molar-refractivity contribution is 5.00. The second-order valence-electron chi connectivity index (χ2n) is 4.49. The van der Waals surface area contributed by atoms with E-state index in [1.54, 1.807) is 0 Å². The lowest BCUT2D eigenvalue weighted by molar-refractivity contribution is 0.0703. The van der Waals surface area contributed by atoms with E-state index in [-0.39, 0.29) is 12.0 Å². The van der Waals surface area contributed by atoms with Gasteiger partial charge in [0, 0.05) is 13.2 Å². The summed E-state index contributed by atoms with van der Waals surface area (Å²) < 4.78 is 16.1. The summed E-state index contributed by atoms with van der Waals surface area (Å²) in [6, 6.07) is 0.0609. The zero-order valence-electron chi connectivity index (χ0n) is 9.72. The lowest BCUT2D eigenvalue weighted by Crippen LogP contribution is -2.35. The average Bonchev–Trinajstić information content (AvgIpc) is 2.90. The molecular formula is C11H17N3O3. The Morgan fingerprint density at radius 2 is 2.12 bits per heavy atom. The van der Waals surface area contributed by atoms with E-state index in [1.807, 2.05) is 0 Å². The fourth-order valence-corrected chi connectivity index (χ4v) is 2.22. The van der Waals surface area contributed by atoms with Gasteiger partial charge in [-0.25, -0.2) is 0 Å². The highest BCUT2D eigenvalue weighted by atomic mass is 16.5. The molecule has 0 aromatic carbocycles. The molecule has 6 nitrogen and oxygen atoms in total. The van der Waals surface area contributed by atoms with Crippen LogP contribution in [0.4, 0.5) is 0 Å². The molecule has 0 spiro atoms. The first-order chi connectivity index (χ1) is 8.43. The van der Waals surface area contributed by atoms with Gasteiger partial charge in [0.25, 0.3) is 0 Å². The van der Waals surface area contributed by atoms with Gasteiger partial charge >= 0.3 is 0 Å². The van der Waals surface area contributed by atoms with Gasteiger partial charge in [0.05, 0.1) is 31.8 Å². The van der Waals surface area contributed by atoms with Crippen LogP contribution in [0, 0.1) is 0 Å². The molecule has 1 aromatic heterocycles. The number of nitrogens with one attached hydrogen (secondary N) is 1. The summed E-state index contributed by atoms with van der Waals surface area (Å²) in [6.07, 6.45) is 2.13. The smallest absolute Gasteiger partial charge is 0.232 e. The Labute approximate surface area is 99.7 Å². The molecule has 2 saturated heterocycles. The fourth-order valence-electron chi connectivity index (χ4n) is 2.22. The molecule has 2 unspecified atom stereocenters. The highest BCUT2D eigenvalue weighted by Gasteiger charge is 2.25. The summed E-state index contributed by atoms with van der Waals surface area (Å²) in [7, 11) is 0. The van der Waals surface area contributed by atoms with Crippen LogP contribution in [0.25, 0.3) is 0 Å². The number of hydrogen-bond acceptors (Lipinski definition) is 6. The second-order valence-corrected chi connectivity index (χ2v) is 4.49. The highest BCUT2D eigenvalue weighted by Crippen LogP contribution is 2.25. The Morgan fingerprint density at radius 1 is 1.18 bits per heavy atom. The van der Waals surface area contributed by atoms with Crippen molar-refractivity contribution in [1.29, 1.82) is 0 Å². The second kappa shape index (κ2) is 5.12. The van der Waals surface area contributed by atoms with E-state index in [9.17, 15) is 0 Å². The van der Waals surface area contributed by atoms with Crippen molar-refractivity contribution in [2.45, 2.75) is 24.8 Å². The summed E-state index contributed by atoms with van der Waals surface area (Å²) in [4.78, 5) is 4.46. The Hall–Kier alpha value is -0.980. The van der Waals surface area contributed by atoms with Crippen molar-refractivity contribution in [1.82, 2.24) is 15.5 Å². The van der Waals surface area contributed by atoms with Gasteiger partial charge in [-0.2, -0.15) is 4.98 Å². The normalized spacial score (nSPS) is 30.4. The molecule has 3 heterocycles. The van der Waals surface area contributed by atoms with E-state index in [0.717, 1.165) is 32.6 Å². The van der Waals surface area contributed by atoms with Gasteiger partial charge in [-0.3, -0.25) is 0 Å². The van der Waals surface area contributed by atoms with Crippen molar-refractivity contribution in [2.24, 2.45) is 0 Å². The van der Waals surface area contributed by atoms with Crippen molar-refractivity contribution in [3.63, 3.8) is 0 Å². The monoisotopic (exact) mass is 239 g/mol. The minimum atomic E-state index is 0.0609. The molecule has 0 amide bonds. The van der Waals surface area contributed by atoms with Gasteiger partial charge in [-0.15, -0.1) is 0 Å². The van der Waals surface area contributed by atoms with Crippen molar-refractivity contribution in [3.05, 3.63) is 11.7 Å². The molecule has 2 atom stereocenters. The summed E-state index contributed by atoms with van der Waals surface area (Å²) in [5.41, 5.74) is 0. The maximum atomic E-state index is 5.42. The van der Waals surface area contributed by atoms with E-state index in [0.29, 0.717) is 24.9 Å². The third-order valence-electron chi connectivity index (χ3n) is 3.20. The Kier molecular flexibility index (Phi) is 3.35. The van der Waals surface area contributed by atoms with Crippen molar-refractivity contribution >= 4 is 0 Å². The van der Waals surface area contributed by atoms with Gasteiger partial charge in [0.15, 0.2) is 5.82 Å². The molecule has 17 heavy (non-hydrogen) atoms. The van der Waals surface area contributed by atoms with E-state index in [4.69, 9.17) is 14.0 Å². The number of ether oxygens (including phenoxy) is 2. The van der Waals surface area contributed by atoms with Crippen molar-refractivity contribution in [3.8, 4) is 0 Å². The maximum absolute atomic E-state index is 5.42. The molecule has 2 aliphatic heterocycles. The van der Waals surface area contributed by atoms with Crippen LogP contribution in [-0.4, -0.2) is 43.1 Å². The van der Waals surface area contributed by atoms with Crippen LogP contribution in [0.15, 0.2) is 4.52 Å². The molecular weight excluding hydrogens is 222 g/mol. The van der Waals surface area contributed by atoms with Crippen molar-refractivity contribution in [2.75, 3.05) is 33.0 Å². The molecule has 0 aliphatic carbocycles. The number of morpholine rings is 1. The van der Waals surface area contributed by atoms with Gasteiger partial charge < -0.3 is 19.3 Å². The largest absolute Gasteiger partial charge is 0.381 e. The first-order valence-corrected chi connectivity index (χ1v) is 6.16. The Bertz CT molecular complexity index is 324. The Balaban J connectivity index is 1.68. The third kappa shape index (κ3) is 2.48. The lowest BCUT2D eigenvalue weighted by atomic mass is 10.0. The van der Waals surface area contributed by atoms with Gasteiger partial charge in [-0.05, 0) is 12.8 Å². The molecule has 3 rings (SSSR count). The molecule has 1 aromatic rings. The third-order valence-corrected chi connectivity index (χ3v) is 3.20. The van der Waals surface area contributed by atoms with E-state index in [1.165, 1.54) is 0 Å². The van der Waals surface area contributed by atoms with Gasteiger partial charge in [0.2, 0.25) is 5.89 Å². The molecule has 94 valence electrons. The van der Waals surface area contributed by atoms with Crippen LogP contribution < -0.4 is 5.32 Å². The fraction of sp³-hybridized carbons (Fsp3) is 0.818. The summed E-state index contributed by atoms with van der Waals surface area (Å²) in [5.74, 6) is 1.66. The maximum Gasteiger partial charge on any atom is 0.232 e. The minimum Gasteiger partial charge on any atom is -0.381 e. The summed E-state index contributed by atoms with van der Waals surface area (Å²) >= 11 is 0. The van der Waals surface area contributed by atoms with E-state index in [2.05, 4.69) is 15.5 Å². The molecule has 2 aliphatic rings. The van der Waals surface area contributed by atoms with Gasteiger partial charge in [-0.1, -0.05) is 5.16 Å². The molecule has 1 N–H and O–H groups in total. The molecule has 0 bridgehead atoms. The zero-order chi connectivity index (χ0) is 11.5. The topological polar surface area (TPSA) is 69.4 Å². The van der Waals surface area contributed by atoms with Crippen LogP contribution >= 0.6 is 0 Å². The summed E-state index contributed by atoms with van der Waals surface area (Å²) in [6.45, 7) is 3.73. The summed E-state index contributed by atoms with van der Waals surface area (Å²) in [5, 5.41) is 7.34. The minimum absolute atomic E-state index is 0.0609. The lowest BCUT2D eigenvalue weighted by Gasteiger charge is -2.20. The van der Waals surface area contributed by atoms with Crippen LogP contribution in [0.5, 0.6) is 0 Å². The SMILES string of the molecule is C1COCC(c2nc(C3COCCN3)no2)C1. The number of nitrogens with zero attached hydrogens (tertiary/aromatic N) is 2. The van der Waals surface area contributed by atoms with E-state index < -0.39 is 0 Å². The van der Waals surface area contributed by atoms with Crippen LogP contribution in [0.2, 0.25) is 0 Å². The van der Waals surface area contributed by atoms with Crippen LogP contribution in [-0.2, 0) is 9.47 Å². The first-order valence-electron chi connectivity index (χ1n) is 6.16. The standard InChI is InChI=1S/C11H17N3O3/c1-2-8(6-15-4-1)11-13-10(14-17-11)9-7-16-5-3-12-9/h8-9,12H,1-7H2. The Morgan fingerprint density at radius 3 is 2.88 bits per heavy atom. The van der Waals surface area contributed by atoms with Gasteiger partial charge in [0.1, 0.15) is 0 Å². The predicted molar refractivity (Wildman–Crippen MR) is 58.7 cm³/mol. The number of hydrogen-bond donors (Lipinski definition) is 1. The molecule has 0 saturated carbocycles. The molecule has 0 radical (unpaired) electrons. The zero-order valence-corrected chi connectivity index (χ0v) is 9.72. The predicted octanol–water partition coefficient (Wildman–Crippen LogP) is 0.624. The van der Waals surface area contributed by atoms with E-state index >= 15 is 0 Å². The average molecular weight is 239 g/mol. The number of aromatic nitrogens is 2. The first kappa shape index (κ1) is 11.1. The van der Waals surface area contributed by atoms with Crippen LogP contribution in [0.3, 0.4) is 0 Å². The van der Waals surface area contributed by atoms with Crippen molar-refractivity contribution < 1.29 is 14.0 Å². The number of rotatable bonds is 2. The van der Waals surface area contributed by atoms with Crippen LogP contribution in [0.1, 0.15) is 36.5 Å². The molecule has 2 fully saturated rings. The molecule has 6 heteroatoms.